The third kappa shape index (κ3) is 3.97. The van der Waals surface area contributed by atoms with Crippen LogP contribution in [0.25, 0.3) is 6.08 Å². The fourth-order valence-electron chi connectivity index (χ4n) is 3.02. The van der Waals surface area contributed by atoms with Crippen LogP contribution < -0.4 is 19.7 Å². The Morgan fingerprint density at radius 2 is 1.89 bits per heavy atom. The number of nitriles is 1. The van der Waals surface area contributed by atoms with Crippen LogP contribution >= 0.6 is 12.2 Å². The van der Waals surface area contributed by atoms with Crippen molar-refractivity contribution in [2.24, 2.45) is 0 Å². The molecule has 0 atom stereocenters. The number of carbonyl (C=O) groups is 1. The number of hydrogen-bond acceptors (Lipinski definition) is 5. The van der Waals surface area contributed by atoms with Crippen molar-refractivity contribution in [1.29, 1.82) is 5.26 Å². The van der Waals surface area contributed by atoms with Gasteiger partial charge in [0, 0.05) is 0 Å². The summed E-state index contributed by atoms with van der Waals surface area (Å²) in [5, 5.41) is 12.0. The zero-order valence-electron chi connectivity index (χ0n) is 15.8. The van der Waals surface area contributed by atoms with Crippen LogP contribution in [0.3, 0.4) is 0 Å². The van der Waals surface area contributed by atoms with Crippen molar-refractivity contribution in [3.05, 3.63) is 58.8 Å². The molecule has 2 aromatic carbocycles. The lowest BCUT2D eigenvalue weighted by Crippen LogP contribution is -2.30. The third-order valence-electron chi connectivity index (χ3n) is 4.13. The minimum absolute atomic E-state index is 0.0734. The van der Waals surface area contributed by atoms with Crippen LogP contribution in [0.2, 0.25) is 0 Å². The molecule has 0 aliphatic carbocycles. The molecule has 1 N–H and O–H groups in total. The van der Waals surface area contributed by atoms with E-state index >= 15 is 0 Å². The molecule has 2 aromatic rings. The standard InChI is InChI=1S/C21H19N3O3S/c1-13-8-14(2)10-16(9-13)24-20(25)17(23-21(24)28)11-15-4-5-18(27-7-6-22)19(12-15)26-3/h4-5,8-12H,7H2,1-3H3,(H,23,28)/b17-11-. The normalized spacial score (nSPS) is 14.8. The number of rotatable bonds is 5. The molecule has 7 heteroatoms. The van der Waals surface area contributed by atoms with Gasteiger partial charge in [-0.05, 0) is 73.1 Å². The minimum atomic E-state index is -0.223. The average molecular weight is 393 g/mol. The Morgan fingerprint density at radius 3 is 2.54 bits per heavy atom. The summed E-state index contributed by atoms with van der Waals surface area (Å²) in [6.07, 6.45) is 1.70. The average Bonchev–Trinajstić information content (AvgIpc) is 2.93. The van der Waals surface area contributed by atoms with Gasteiger partial charge in [0.25, 0.3) is 5.91 Å². The Balaban J connectivity index is 1.90. The van der Waals surface area contributed by atoms with Crippen molar-refractivity contribution in [1.82, 2.24) is 5.32 Å². The summed E-state index contributed by atoms with van der Waals surface area (Å²) in [4.78, 5) is 14.4. The van der Waals surface area contributed by atoms with Crippen LogP contribution in [0.4, 0.5) is 5.69 Å². The highest BCUT2D eigenvalue weighted by Crippen LogP contribution is 2.30. The van der Waals surface area contributed by atoms with Crippen LogP contribution in [0.15, 0.2) is 42.1 Å². The molecule has 0 bridgehead atoms. The summed E-state index contributed by atoms with van der Waals surface area (Å²) in [6.45, 7) is 3.88. The van der Waals surface area contributed by atoms with E-state index in [1.807, 2.05) is 38.1 Å². The topological polar surface area (TPSA) is 74.6 Å². The fourth-order valence-corrected chi connectivity index (χ4v) is 3.32. The van der Waals surface area contributed by atoms with Gasteiger partial charge in [-0.2, -0.15) is 5.26 Å². The Kier molecular flexibility index (Phi) is 5.62. The summed E-state index contributed by atoms with van der Waals surface area (Å²) in [5.41, 5.74) is 3.96. The molecule has 0 unspecified atom stereocenters. The van der Waals surface area contributed by atoms with E-state index in [1.165, 1.54) is 12.0 Å². The first kappa shape index (κ1) is 19.4. The lowest BCUT2D eigenvalue weighted by atomic mass is 10.1. The molecule has 0 saturated carbocycles. The molecule has 3 rings (SSSR count). The van der Waals surface area contributed by atoms with Gasteiger partial charge in [-0.25, -0.2) is 0 Å². The van der Waals surface area contributed by atoms with E-state index in [1.54, 1.807) is 24.3 Å². The molecular weight excluding hydrogens is 374 g/mol. The first-order chi connectivity index (χ1) is 13.4. The molecule has 0 aromatic heterocycles. The van der Waals surface area contributed by atoms with Gasteiger partial charge in [0.2, 0.25) is 0 Å². The number of benzene rings is 2. The van der Waals surface area contributed by atoms with Gasteiger partial charge < -0.3 is 14.8 Å². The highest BCUT2D eigenvalue weighted by atomic mass is 32.1. The van der Waals surface area contributed by atoms with Crippen molar-refractivity contribution < 1.29 is 14.3 Å². The lowest BCUT2D eigenvalue weighted by Gasteiger charge is -2.15. The molecule has 0 radical (unpaired) electrons. The van der Waals surface area contributed by atoms with Gasteiger partial charge in [0.15, 0.2) is 23.2 Å². The number of anilines is 1. The molecule has 142 valence electrons. The highest BCUT2D eigenvalue weighted by Gasteiger charge is 2.32. The van der Waals surface area contributed by atoms with E-state index in [0.29, 0.717) is 22.3 Å². The molecule has 1 amide bonds. The highest BCUT2D eigenvalue weighted by molar-refractivity contribution is 7.80. The molecule has 1 aliphatic heterocycles. The summed E-state index contributed by atoms with van der Waals surface area (Å²) < 4.78 is 10.6. The van der Waals surface area contributed by atoms with Gasteiger partial charge in [0.1, 0.15) is 11.8 Å². The number of carbonyl (C=O) groups excluding carboxylic acids is 1. The number of thiocarbonyl (C=S) groups is 1. The predicted molar refractivity (Wildman–Crippen MR) is 111 cm³/mol. The van der Waals surface area contributed by atoms with Gasteiger partial charge in [-0.15, -0.1) is 0 Å². The number of hydrogen-bond donors (Lipinski definition) is 1. The quantitative estimate of drug-likeness (QED) is 0.619. The summed E-state index contributed by atoms with van der Waals surface area (Å²) in [5.74, 6) is 0.715. The number of aryl methyl sites for hydroxylation is 2. The first-order valence-corrected chi connectivity index (χ1v) is 8.97. The molecule has 1 fully saturated rings. The van der Waals surface area contributed by atoms with Crippen molar-refractivity contribution in [2.45, 2.75) is 13.8 Å². The van der Waals surface area contributed by atoms with E-state index in [4.69, 9.17) is 27.0 Å². The molecule has 0 spiro atoms. The van der Waals surface area contributed by atoms with Crippen LogP contribution in [-0.2, 0) is 4.79 Å². The zero-order chi connectivity index (χ0) is 20.3. The molecular formula is C21H19N3O3S. The van der Waals surface area contributed by atoms with Gasteiger partial charge in [-0.1, -0.05) is 12.1 Å². The SMILES string of the molecule is COc1cc(/C=C2\NC(=S)N(c3cc(C)cc(C)c3)C2=O)ccc1OCC#N. The molecule has 28 heavy (non-hydrogen) atoms. The number of methoxy groups -OCH3 is 1. The Bertz CT molecular complexity index is 1000. The number of nitrogens with one attached hydrogen (secondary N) is 1. The minimum Gasteiger partial charge on any atom is -0.493 e. The van der Waals surface area contributed by atoms with Crippen LogP contribution in [0.1, 0.15) is 16.7 Å². The fraction of sp³-hybridized carbons (Fsp3) is 0.190. The van der Waals surface area contributed by atoms with E-state index < -0.39 is 0 Å². The molecule has 1 aliphatic rings. The van der Waals surface area contributed by atoms with Crippen LogP contribution in [0, 0.1) is 25.2 Å². The third-order valence-corrected chi connectivity index (χ3v) is 4.42. The Labute approximate surface area is 169 Å². The van der Waals surface area contributed by atoms with Crippen molar-refractivity contribution in [3.63, 3.8) is 0 Å². The maximum Gasteiger partial charge on any atom is 0.281 e. The van der Waals surface area contributed by atoms with E-state index in [2.05, 4.69) is 5.32 Å². The van der Waals surface area contributed by atoms with Crippen LogP contribution in [-0.4, -0.2) is 24.7 Å². The van der Waals surface area contributed by atoms with E-state index in [0.717, 1.165) is 22.4 Å². The van der Waals surface area contributed by atoms with E-state index in [-0.39, 0.29) is 12.5 Å². The smallest absolute Gasteiger partial charge is 0.281 e. The molecule has 6 nitrogen and oxygen atoms in total. The summed E-state index contributed by atoms with van der Waals surface area (Å²) >= 11 is 5.37. The van der Waals surface area contributed by atoms with Crippen molar-refractivity contribution in [2.75, 3.05) is 18.6 Å². The zero-order valence-corrected chi connectivity index (χ0v) is 16.6. The number of nitrogens with zero attached hydrogens (tertiary/aromatic N) is 2. The summed E-state index contributed by atoms with van der Waals surface area (Å²) in [7, 11) is 1.52. The summed E-state index contributed by atoms with van der Waals surface area (Å²) in [6, 6.07) is 13.0. The number of amides is 1. The maximum atomic E-state index is 12.9. The monoisotopic (exact) mass is 393 g/mol. The second-order valence-corrected chi connectivity index (χ2v) is 6.72. The largest absolute Gasteiger partial charge is 0.493 e. The number of ether oxygens (including phenoxy) is 2. The molecule has 1 saturated heterocycles. The Morgan fingerprint density at radius 1 is 1.18 bits per heavy atom. The second-order valence-electron chi connectivity index (χ2n) is 6.33. The van der Waals surface area contributed by atoms with Gasteiger partial charge >= 0.3 is 0 Å². The second kappa shape index (κ2) is 8.11. The lowest BCUT2D eigenvalue weighted by molar-refractivity contribution is -0.113. The van der Waals surface area contributed by atoms with Crippen molar-refractivity contribution >= 4 is 35.0 Å². The maximum absolute atomic E-state index is 12.9. The predicted octanol–water partition coefficient (Wildman–Crippen LogP) is 3.48. The van der Waals surface area contributed by atoms with Gasteiger partial charge in [-0.3, -0.25) is 9.69 Å². The van der Waals surface area contributed by atoms with Crippen molar-refractivity contribution in [3.8, 4) is 17.6 Å². The molecule has 1 heterocycles. The Hall–Kier alpha value is -3.37. The van der Waals surface area contributed by atoms with E-state index in [9.17, 15) is 4.79 Å². The van der Waals surface area contributed by atoms with Gasteiger partial charge in [0.05, 0.1) is 12.8 Å². The first-order valence-electron chi connectivity index (χ1n) is 8.56. The van der Waals surface area contributed by atoms with Crippen LogP contribution in [0.5, 0.6) is 11.5 Å².